The van der Waals surface area contributed by atoms with E-state index in [0.29, 0.717) is 0 Å². The van der Waals surface area contributed by atoms with Gasteiger partial charge < -0.3 is 9.87 Å². The fourth-order valence-corrected chi connectivity index (χ4v) is 1.14. The van der Waals surface area contributed by atoms with Crippen LogP contribution in [0.4, 0.5) is 0 Å². The molecule has 1 atom stereocenters. The first kappa shape index (κ1) is 9.82. The van der Waals surface area contributed by atoms with E-state index < -0.39 is 11.1 Å². The van der Waals surface area contributed by atoms with Gasteiger partial charge in [-0.05, 0) is 12.1 Å². The number of nitrogens with zero attached hydrogens (tertiary/aromatic N) is 1. The van der Waals surface area contributed by atoms with Crippen LogP contribution in [0.25, 0.3) is 0 Å². The molecule has 0 aromatic carbocycles. The van der Waals surface area contributed by atoms with E-state index >= 15 is 0 Å². The van der Waals surface area contributed by atoms with Crippen LogP contribution in [0.3, 0.4) is 0 Å². The van der Waals surface area contributed by atoms with E-state index in [2.05, 4.69) is 10.3 Å². The van der Waals surface area contributed by atoms with Crippen molar-refractivity contribution in [3.63, 3.8) is 0 Å². The van der Waals surface area contributed by atoms with Gasteiger partial charge in [-0.25, -0.2) is 9.19 Å². The molecule has 0 spiro atoms. The summed E-state index contributed by atoms with van der Waals surface area (Å²) in [4.78, 5) is 14.7. The number of amides is 1. The van der Waals surface area contributed by atoms with E-state index in [1.165, 1.54) is 25.2 Å². The van der Waals surface area contributed by atoms with Crippen LogP contribution in [0.15, 0.2) is 23.2 Å². The van der Waals surface area contributed by atoms with Gasteiger partial charge >= 0.3 is 0 Å². The maximum absolute atomic E-state index is 11.0. The summed E-state index contributed by atoms with van der Waals surface area (Å²) in [5, 5.41) is 2.34. The maximum atomic E-state index is 11.0. The van der Waals surface area contributed by atoms with E-state index in [1.807, 2.05) is 0 Å². The Kier molecular flexibility index (Phi) is 3.10. The summed E-state index contributed by atoms with van der Waals surface area (Å²) in [6.45, 7) is 0. The number of aromatic nitrogens is 1. The summed E-state index contributed by atoms with van der Waals surface area (Å²) in [6.07, 6.45) is 0. The smallest absolute Gasteiger partial charge is 0.269 e. The van der Waals surface area contributed by atoms with Gasteiger partial charge in [0.2, 0.25) is 11.1 Å². The Morgan fingerprint density at radius 1 is 1.62 bits per heavy atom. The van der Waals surface area contributed by atoms with Crippen LogP contribution < -0.4 is 5.32 Å². The van der Waals surface area contributed by atoms with Gasteiger partial charge in [-0.15, -0.1) is 0 Å². The fraction of sp³-hybridized carbons (Fsp3) is 0.143. The van der Waals surface area contributed by atoms with Gasteiger partial charge in [0, 0.05) is 7.05 Å². The normalized spacial score (nSPS) is 12.2. The minimum atomic E-state index is -2.15. The molecule has 1 aromatic heterocycles. The lowest BCUT2D eigenvalue weighted by Crippen LogP contribution is -2.19. The third-order valence-electron chi connectivity index (χ3n) is 1.36. The van der Waals surface area contributed by atoms with Crippen molar-refractivity contribution in [2.75, 3.05) is 7.05 Å². The van der Waals surface area contributed by atoms with E-state index in [1.54, 1.807) is 0 Å². The van der Waals surface area contributed by atoms with Crippen LogP contribution >= 0.6 is 0 Å². The number of carbonyl (C=O) groups is 1. The van der Waals surface area contributed by atoms with Gasteiger partial charge in [0.05, 0.1) is 0 Å². The number of carbonyl (C=O) groups excluding carboxylic acids is 1. The van der Waals surface area contributed by atoms with Crippen LogP contribution in [0.1, 0.15) is 10.5 Å². The zero-order valence-corrected chi connectivity index (χ0v) is 7.67. The number of pyridine rings is 1. The summed E-state index contributed by atoms with van der Waals surface area (Å²) in [6, 6.07) is 4.35. The van der Waals surface area contributed by atoms with E-state index in [-0.39, 0.29) is 16.6 Å². The molecular formula is C7H8N2O3S. The molecule has 1 aromatic rings. The summed E-state index contributed by atoms with van der Waals surface area (Å²) >= 11 is -2.15. The Hall–Kier alpha value is -1.27. The highest BCUT2D eigenvalue weighted by atomic mass is 32.2. The highest BCUT2D eigenvalue weighted by molar-refractivity contribution is 7.79. The molecule has 0 aliphatic heterocycles. The SMILES string of the molecule is CNC(=O)c1cccc(S(=O)O)n1. The highest BCUT2D eigenvalue weighted by Gasteiger charge is 2.07. The standard InChI is InChI=1S/C7H8N2O3S/c1-8-7(10)5-3-2-4-6(9-5)13(11)12/h2-4H,1H3,(H,8,10)(H,11,12). The number of hydrogen-bond donors (Lipinski definition) is 2. The first-order valence-electron chi connectivity index (χ1n) is 3.45. The second-order valence-electron chi connectivity index (χ2n) is 2.19. The second kappa shape index (κ2) is 4.11. The van der Waals surface area contributed by atoms with Crippen molar-refractivity contribution < 1.29 is 13.6 Å². The number of nitrogens with one attached hydrogen (secondary N) is 1. The van der Waals surface area contributed by atoms with Gasteiger partial charge in [0.15, 0.2) is 5.03 Å². The van der Waals surface area contributed by atoms with E-state index in [0.717, 1.165) is 0 Å². The molecule has 1 rings (SSSR count). The minimum Gasteiger partial charge on any atom is -0.354 e. The monoisotopic (exact) mass is 200 g/mol. The van der Waals surface area contributed by atoms with Crippen molar-refractivity contribution in [3.05, 3.63) is 23.9 Å². The van der Waals surface area contributed by atoms with Crippen LogP contribution in [-0.4, -0.2) is 26.7 Å². The zero-order chi connectivity index (χ0) is 9.84. The minimum absolute atomic E-state index is 0.0268. The first-order valence-corrected chi connectivity index (χ1v) is 4.56. The van der Waals surface area contributed by atoms with Crippen molar-refractivity contribution in [3.8, 4) is 0 Å². The molecule has 0 saturated heterocycles. The largest absolute Gasteiger partial charge is 0.354 e. The van der Waals surface area contributed by atoms with Crippen molar-refractivity contribution in [1.29, 1.82) is 0 Å². The van der Waals surface area contributed by atoms with Gasteiger partial charge in [0.25, 0.3) is 5.91 Å². The lowest BCUT2D eigenvalue weighted by molar-refractivity contribution is 0.0957. The summed E-state index contributed by atoms with van der Waals surface area (Å²) in [5.74, 6) is -0.382. The molecule has 1 unspecified atom stereocenters. The topological polar surface area (TPSA) is 79.3 Å². The van der Waals surface area contributed by atoms with E-state index in [9.17, 15) is 9.00 Å². The van der Waals surface area contributed by atoms with Crippen molar-refractivity contribution >= 4 is 17.0 Å². The molecule has 6 heteroatoms. The Morgan fingerprint density at radius 2 is 2.31 bits per heavy atom. The maximum Gasteiger partial charge on any atom is 0.269 e. The van der Waals surface area contributed by atoms with Gasteiger partial charge in [-0.1, -0.05) is 6.07 Å². The Labute approximate surface area is 77.5 Å². The second-order valence-corrected chi connectivity index (χ2v) is 3.11. The molecule has 0 fully saturated rings. The van der Waals surface area contributed by atoms with Crippen LogP contribution in [0.2, 0.25) is 0 Å². The van der Waals surface area contributed by atoms with Crippen molar-refractivity contribution in [2.45, 2.75) is 5.03 Å². The third kappa shape index (κ3) is 2.33. The molecule has 0 bridgehead atoms. The average molecular weight is 200 g/mol. The van der Waals surface area contributed by atoms with Crippen molar-refractivity contribution in [2.24, 2.45) is 0 Å². The summed E-state index contributed by atoms with van der Waals surface area (Å²) in [5.41, 5.74) is 0.127. The van der Waals surface area contributed by atoms with Crippen LogP contribution in [-0.2, 0) is 11.1 Å². The summed E-state index contributed by atoms with van der Waals surface area (Å²) in [7, 11) is 1.46. The average Bonchev–Trinajstić information content (AvgIpc) is 2.17. The quantitative estimate of drug-likeness (QED) is 0.660. The third-order valence-corrected chi connectivity index (χ3v) is 1.95. The van der Waals surface area contributed by atoms with Crippen LogP contribution in [0.5, 0.6) is 0 Å². The van der Waals surface area contributed by atoms with E-state index in [4.69, 9.17) is 4.55 Å². The molecule has 1 heterocycles. The van der Waals surface area contributed by atoms with Gasteiger partial charge in [-0.2, -0.15) is 0 Å². The Bertz CT molecular complexity index is 353. The molecule has 2 N–H and O–H groups in total. The van der Waals surface area contributed by atoms with Crippen molar-refractivity contribution in [1.82, 2.24) is 10.3 Å². The molecule has 70 valence electrons. The van der Waals surface area contributed by atoms with Crippen LogP contribution in [0, 0.1) is 0 Å². The number of rotatable bonds is 2. The van der Waals surface area contributed by atoms with Gasteiger partial charge in [-0.3, -0.25) is 4.79 Å². The molecular weight excluding hydrogens is 192 g/mol. The molecule has 13 heavy (non-hydrogen) atoms. The molecule has 0 radical (unpaired) electrons. The van der Waals surface area contributed by atoms with Gasteiger partial charge in [0.1, 0.15) is 5.69 Å². The Balaban J connectivity index is 3.05. The predicted octanol–water partition coefficient (Wildman–Crippen LogP) is 0.0218. The molecule has 0 aliphatic carbocycles. The Morgan fingerprint density at radius 3 is 2.85 bits per heavy atom. The predicted molar refractivity (Wildman–Crippen MR) is 46.7 cm³/mol. The molecule has 0 saturated carbocycles. The lowest BCUT2D eigenvalue weighted by atomic mass is 10.3. The fourth-order valence-electron chi connectivity index (χ4n) is 0.767. The molecule has 5 nitrogen and oxygen atoms in total. The molecule has 0 aliphatic rings. The molecule has 1 amide bonds. The summed E-state index contributed by atoms with van der Waals surface area (Å²) < 4.78 is 19.3. The number of hydrogen-bond acceptors (Lipinski definition) is 3. The lowest BCUT2D eigenvalue weighted by Gasteiger charge is -1.99. The zero-order valence-electron chi connectivity index (χ0n) is 6.85. The highest BCUT2D eigenvalue weighted by Crippen LogP contribution is 2.02. The first-order chi connectivity index (χ1) is 6.15.